The molecule has 17 heavy (non-hydrogen) atoms. The molecule has 2 atom stereocenters. The molecule has 0 aromatic heterocycles. The van der Waals surface area contributed by atoms with E-state index in [1.54, 1.807) is 13.8 Å². The molecule has 0 bridgehead atoms. The van der Waals surface area contributed by atoms with E-state index >= 15 is 0 Å². The maximum absolute atomic E-state index is 11.5. The molecule has 0 aliphatic carbocycles. The highest BCUT2D eigenvalue weighted by Gasteiger charge is 2.23. The largest absolute Gasteiger partial charge is 0.480 e. The molecule has 0 radical (unpaired) electrons. The van der Waals surface area contributed by atoms with Crippen molar-refractivity contribution in [3.8, 4) is 0 Å². The molecule has 0 saturated heterocycles. The first-order valence-electron chi connectivity index (χ1n) is 6.15. The van der Waals surface area contributed by atoms with E-state index in [9.17, 15) is 9.59 Å². The summed E-state index contributed by atoms with van der Waals surface area (Å²) in [6, 6.07) is -1.24. The highest BCUT2D eigenvalue weighted by Crippen LogP contribution is 2.03. The van der Waals surface area contributed by atoms with Gasteiger partial charge in [0.15, 0.2) is 0 Å². The number of carbonyl (C=O) groups excluding carboxylic acids is 1. The molecule has 0 fully saturated rings. The van der Waals surface area contributed by atoms with E-state index in [2.05, 4.69) is 24.5 Å². The first kappa shape index (κ1) is 15.7. The van der Waals surface area contributed by atoms with Gasteiger partial charge >= 0.3 is 12.0 Å². The zero-order chi connectivity index (χ0) is 13.4. The second-order valence-corrected chi connectivity index (χ2v) is 4.81. The summed E-state index contributed by atoms with van der Waals surface area (Å²) in [5.74, 6) is -0.726. The van der Waals surface area contributed by atoms with E-state index in [1.165, 1.54) is 0 Å². The second kappa shape index (κ2) is 7.92. The van der Waals surface area contributed by atoms with Crippen LogP contribution in [-0.2, 0) is 4.79 Å². The van der Waals surface area contributed by atoms with Gasteiger partial charge in [-0.25, -0.2) is 9.59 Å². The van der Waals surface area contributed by atoms with Crippen molar-refractivity contribution in [2.75, 3.05) is 6.54 Å². The SMILES string of the molecule is CCCC(C)CNC(=O)NC(C(=O)O)C(C)C. The van der Waals surface area contributed by atoms with Crippen LogP contribution in [0.3, 0.4) is 0 Å². The summed E-state index contributed by atoms with van der Waals surface area (Å²) in [6.07, 6.45) is 2.13. The van der Waals surface area contributed by atoms with E-state index in [0.29, 0.717) is 12.5 Å². The molecule has 100 valence electrons. The van der Waals surface area contributed by atoms with Gasteiger partial charge in [-0.15, -0.1) is 0 Å². The van der Waals surface area contributed by atoms with Crippen molar-refractivity contribution in [3.63, 3.8) is 0 Å². The summed E-state index contributed by atoms with van der Waals surface area (Å²) in [4.78, 5) is 22.4. The number of hydrogen-bond acceptors (Lipinski definition) is 2. The highest BCUT2D eigenvalue weighted by atomic mass is 16.4. The highest BCUT2D eigenvalue weighted by molar-refractivity contribution is 5.82. The molecular formula is C12H24N2O3. The Morgan fingerprint density at radius 3 is 2.24 bits per heavy atom. The van der Waals surface area contributed by atoms with Gasteiger partial charge in [0.1, 0.15) is 6.04 Å². The van der Waals surface area contributed by atoms with Crippen molar-refractivity contribution in [2.24, 2.45) is 11.8 Å². The van der Waals surface area contributed by atoms with Crippen LogP contribution in [0, 0.1) is 11.8 Å². The average molecular weight is 244 g/mol. The smallest absolute Gasteiger partial charge is 0.326 e. The Morgan fingerprint density at radius 2 is 1.82 bits per heavy atom. The van der Waals surface area contributed by atoms with E-state index in [0.717, 1.165) is 12.8 Å². The van der Waals surface area contributed by atoms with Crippen molar-refractivity contribution >= 4 is 12.0 Å². The lowest BCUT2D eigenvalue weighted by molar-refractivity contribution is -0.140. The van der Waals surface area contributed by atoms with Gasteiger partial charge < -0.3 is 15.7 Å². The lowest BCUT2D eigenvalue weighted by Crippen LogP contribution is -2.49. The van der Waals surface area contributed by atoms with Crippen LogP contribution in [0.5, 0.6) is 0 Å². The molecule has 2 unspecified atom stereocenters. The van der Waals surface area contributed by atoms with Gasteiger partial charge in [-0.05, 0) is 18.3 Å². The Hall–Kier alpha value is -1.26. The Kier molecular flexibility index (Phi) is 7.34. The van der Waals surface area contributed by atoms with Gasteiger partial charge in [-0.3, -0.25) is 0 Å². The number of amides is 2. The normalized spacial score (nSPS) is 14.2. The molecule has 0 aromatic rings. The van der Waals surface area contributed by atoms with E-state index in [-0.39, 0.29) is 5.92 Å². The van der Waals surface area contributed by atoms with Crippen LogP contribution in [0.1, 0.15) is 40.5 Å². The molecule has 0 aromatic carbocycles. The lowest BCUT2D eigenvalue weighted by atomic mass is 10.1. The fraction of sp³-hybridized carbons (Fsp3) is 0.833. The van der Waals surface area contributed by atoms with Crippen LogP contribution >= 0.6 is 0 Å². The molecule has 0 spiro atoms. The van der Waals surface area contributed by atoms with Crippen molar-refractivity contribution < 1.29 is 14.7 Å². The molecule has 0 rings (SSSR count). The number of carbonyl (C=O) groups is 2. The zero-order valence-electron chi connectivity index (χ0n) is 11.1. The van der Waals surface area contributed by atoms with Gasteiger partial charge in [0.25, 0.3) is 0 Å². The number of hydrogen-bond donors (Lipinski definition) is 3. The minimum Gasteiger partial charge on any atom is -0.480 e. The summed E-state index contributed by atoms with van der Waals surface area (Å²) in [5.41, 5.74) is 0. The molecule has 0 saturated carbocycles. The molecule has 2 amide bonds. The van der Waals surface area contributed by atoms with Gasteiger partial charge in [0.2, 0.25) is 0 Å². The van der Waals surface area contributed by atoms with Crippen LogP contribution in [0.15, 0.2) is 0 Å². The quantitative estimate of drug-likeness (QED) is 0.639. The summed E-state index contributed by atoms with van der Waals surface area (Å²) >= 11 is 0. The minimum atomic E-state index is -1.00. The Morgan fingerprint density at radius 1 is 1.24 bits per heavy atom. The number of aliphatic carboxylic acids is 1. The van der Waals surface area contributed by atoms with Crippen LogP contribution < -0.4 is 10.6 Å². The maximum Gasteiger partial charge on any atom is 0.326 e. The molecule has 0 aliphatic heterocycles. The van der Waals surface area contributed by atoms with Crippen LogP contribution in [-0.4, -0.2) is 29.7 Å². The number of carboxylic acid groups (broad SMARTS) is 1. The Balaban J connectivity index is 4.03. The molecule has 0 aliphatic rings. The number of carboxylic acids is 1. The third kappa shape index (κ3) is 6.81. The standard InChI is InChI=1S/C12H24N2O3/c1-5-6-9(4)7-13-12(17)14-10(8(2)3)11(15)16/h8-10H,5-7H2,1-4H3,(H,15,16)(H2,13,14,17). The summed E-state index contributed by atoms with van der Waals surface area (Å²) in [6.45, 7) is 8.25. The van der Waals surface area contributed by atoms with E-state index in [1.807, 2.05) is 0 Å². The van der Waals surface area contributed by atoms with Gasteiger partial charge in [0, 0.05) is 6.54 Å². The molecule has 3 N–H and O–H groups in total. The minimum absolute atomic E-state index is 0.133. The van der Waals surface area contributed by atoms with E-state index in [4.69, 9.17) is 5.11 Å². The average Bonchev–Trinajstić information content (AvgIpc) is 2.22. The van der Waals surface area contributed by atoms with Crippen LogP contribution in [0.4, 0.5) is 4.79 Å². The summed E-state index contributed by atoms with van der Waals surface area (Å²) < 4.78 is 0. The zero-order valence-corrected chi connectivity index (χ0v) is 11.1. The third-order valence-electron chi connectivity index (χ3n) is 2.61. The Bertz CT molecular complexity index is 254. The van der Waals surface area contributed by atoms with Crippen molar-refractivity contribution in [2.45, 2.75) is 46.6 Å². The van der Waals surface area contributed by atoms with Gasteiger partial charge in [0.05, 0.1) is 0 Å². The lowest BCUT2D eigenvalue weighted by Gasteiger charge is -2.19. The van der Waals surface area contributed by atoms with E-state index < -0.39 is 18.0 Å². The molecular weight excluding hydrogens is 220 g/mol. The van der Waals surface area contributed by atoms with Crippen LogP contribution in [0.2, 0.25) is 0 Å². The maximum atomic E-state index is 11.5. The second-order valence-electron chi connectivity index (χ2n) is 4.81. The third-order valence-corrected chi connectivity index (χ3v) is 2.61. The van der Waals surface area contributed by atoms with Gasteiger partial charge in [-0.1, -0.05) is 34.1 Å². The topological polar surface area (TPSA) is 78.4 Å². The first-order valence-corrected chi connectivity index (χ1v) is 6.15. The predicted octanol–water partition coefficient (Wildman–Crippen LogP) is 1.83. The predicted molar refractivity (Wildman–Crippen MR) is 66.9 cm³/mol. The van der Waals surface area contributed by atoms with Crippen molar-refractivity contribution in [3.05, 3.63) is 0 Å². The summed E-state index contributed by atoms with van der Waals surface area (Å²) in [7, 11) is 0. The van der Waals surface area contributed by atoms with Crippen molar-refractivity contribution in [1.29, 1.82) is 0 Å². The number of rotatable bonds is 7. The van der Waals surface area contributed by atoms with Crippen molar-refractivity contribution in [1.82, 2.24) is 10.6 Å². The molecule has 0 heterocycles. The van der Waals surface area contributed by atoms with Gasteiger partial charge in [-0.2, -0.15) is 0 Å². The fourth-order valence-electron chi connectivity index (χ4n) is 1.57. The summed E-state index contributed by atoms with van der Waals surface area (Å²) in [5, 5.41) is 14.1. The number of urea groups is 1. The fourth-order valence-corrected chi connectivity index (χ4v) is 1.57. The molecule has 5 nitrogen and oxygen atoms in total. The Labute approximate surface area is 103 Å². The molecule has 5 heteroatoms. The monoisotopic (exact) mass is 244 g/mol. The number of nitrogens with one attached hydrogen (secondary N) is 2. The van der Waals surface area contributed by atoms with Crippen LogP contribution in [0.25, 0.3) is 0 Å². The first-order chi connectivity index (χ1) is 7.88.